The molecule has 0 nitrogen and oxygen atoms in total. The maximum absolute atomic E-state index is 2.12. The molecule has 0 N–H and O–H groups in total. The van der Waals surface area contributed by atoms with Crippen molar-refractivity contribution >= 4 is 0 Å². The molecule has 51 valence electrons. The van der Waals surface area contributed by atoms with Gasteiger partial charge in [-0.1, -0.05) is 6.92 Å². The monoisotopic (exact) mass is 200 g/mol. The summed E-state index contributed by atoms with van der Waals surface area (Å²) in [6.45, 7) is 8.42. The second-order valence-electron chi connectivity index (χ2n) is 1.97. The van der Waals surface area contributed by atoms with Crippen LogP contribution in [0.3, 0.4) is 0 Å². The standard InChI is InChI=1S/C7H13.Rh/c1-5-7(4)6(2)3;/h5H,1-4H3;/q-1;. The van der Waals surface area contributed by atoms with Crippen LogP contribution in [0.15, 0.2) is 11.1 Å². The Labute approximate surface area is 65.1 Å². The molecule has 0 amide bonds. The molecule has 0 bridgehead atoms. The van der Waals surface area contributed by atoms with E-state index in [-0.39, 0.29) is 19.5 Å². The van der Waals surface area contributed by atoms with Crippen LogP contribution in [-0.2, 0) is 19.5 Å². The zero-order valence-corrected chi connectivity index (χ0v) is 7.55. The zero-order valence-electron chi connectivity index (χ0n) is 5.91. The first-order chi connectivity index (χ1) is 3.18. The second kappa shape index (κ2) is 5.37. The van der Waals surface area contributed by atoms with Gasteiger partial charge in [0.15, 0.2) is 0 Å². The number of hydrogen-bond acceptors (Lipinski definition) is 0. The van der Waals surface area contributed by atoms with Gasteiger partial charge in [0.1, 0.15) is 0 Å². The Morgan fingerprint density at radius 3 is 1.50 bits per heavy atom. The largest absolute Gasteiger partial charge is 0.230 e. The van der Waals surface area contributed by atoms with Gasteiger partial charge < -0.3 is 0 Å². The van der Waals surface area contributed by atoms with E-state index in [4.69, 9.17) is 0 Å². The molecule has 1 heteroatoms. The average molecular weight is 200 g/mol. The minimum atomic E-state index is 0. The molecule has 0 saturated heterocycles. The predicted octanol–water partition coefficient (Wildman–Crippen LogP) is 2.56. The SMILES string of the molecule is C[CH-]C(C)=C(C)C.[Rh]. The maximum atomic E-state index is 2.12. The summed E-state index contributed by atoms with van der Waals surface area (Å²) in [5.41, 5.74) is 2.79. The normalized spacial score (nSPS) is 7.00. The van der Waals surface area contributed by atoms with Gasteiger partial charge in [-0.05, 0) is 0 Å². The molecule has 0 saturated carbocycles. The first kappa shape index (κ1) is 11.1. The first-order valence-corrected chi connectivity index (χ1v) is 2.62. The summed E-state index contributed by atoms with van der Waals surface area (Å²) < 4.78 is 0. The molecule has 0 unspecified atom stereocenters. The van der Waals surface area contributed by atoms with Gasteiger partial charge in [-0.3, -0.25) is 0 Å². The van der Waals surface area contributed by atoms with Crippen molar-refractivity contribution in [2.24, 2.45) is 0 Å². The summed E-state index contributed by atoms with van der Waals surface area (Å²) in [5, 5.41) is 0. The van der Waals surface area contributed by atoms with Crippen molar-refractivity contribution in [3.63, 3.8) is 0 Å². The van der Waals surface area contributed by atoms with Crippen LogP contribution < -0.4 is 0 Å². The van der Waals surface area contributed by atoms with Crippen molar-refractivity contribution in [1.82, 2.24) is 0 Å². The van der Waals surface area contributed by atoms with Crippen LogP contribution in [0.25, 0.3) is 0 Å². The molecule has 0 aromatic rings. The third-order valence-corrected chi connectivity index (χ3v) is 1.22. The molecule has 0 aliphatic rings. The molecule has 0 aliphatic carbocycles. The maximum Gasteiger partial charge on any atom is 0 e. The van der Waals surface area contributed by atoms with Gasteiger partial charge in [0.25, 0.3) is 0 Å². The molecule has 0 rings (SSSR count). The van der Waals surface area contributed by atoms with E-state index in [2.05, 4.69) is 34.1 Å². The van der Waals surface area contributed by atoms with Crippen LogP contribution in [0.5, 0.6) is 0 Å². The quantitative estimate of drug-likeness (QED) is 0.450. The van der Waals surface area contributed by atoms with Gasteiger partial charge in [-0.2, -0.15) is 0 Å². The van der Waals surface area contributed by atoms with E-state index in [0.717, 1.165) is 0 Å². The molecular weight excluding hydrogens is 187 g/mol. The fourth-order valence-corrected chi connectivity index (χ4v) is 0.289. The van der Waals surface area contributed by atoms with Crippen molar-refractivity contribution in [3.05, 3.63) is 17.6 Å². The molecule has 0 spiro atoms. The molecular formula is C7H13Rh-. The molecule has 0 aromatic carbocycles. The Morgan fingerprint density at radius 2 is 1.50 bits per heavy atom. The Bertz CT molecular complexity index is 78.4. The fourth-order valence-electron chi connectivity index (χ4n) is 0.289. The molecule has 0 heterocycles. The molecule has 0 atom stereocenters. The average Bonchev–Trinajstić information content (AvgIpc) is 1.65. The van der Waals surface area contributed by atoms with Gasteiger partial charge in [-0.25, -0.2) is 17.6 Å². The Kier molecular flexibility index (Phi) is 7.44. The van der Waals surface area contributed by atoms with E-state index in [1.54, 1.807) is 0 Å². The van der Waals surface area contributed by atoms with Crippen LogP contribution in [0.1, 0.15) is 27.7 Å². The van der Waals surface area contributed by atoms with Crippen LogP contribution in [0.2, 0.25) is 0 Å². The summed E-state index contributed by atoms with van der Waals surface area (Å²) in [6, 6.07) is 0. The van der Waals surface area contributed by atoms with Crippen molar-refractivity contribution in [2.45, 2.75) is 27.7 Å². The van der Waals surface area contributed by atoms with E-state index in [0.29, 0.717) is 0 Å². The van der Waals surface area contributed by atoms with Crippen molar-refractivity contribution in [1.29, 1.82) is 0 Å². The van der Waals surface area contributed by atoms with Crippen LogP contribution in [0, 0.1) is 6.42 Å². The summed E-state index contributed by atoms with van der Waals surface area (Å²) in [6.07, 6.45) is 2.12. The Balaban J connectivity index is 0. The second-order valence-corrected chi connectivity index (χ2v) is 1.97. The minimum absolute atomic E-state index is 0. The minimum Gasteiger partial charge on any atom is -0.230 e. The molecule has 8 heavy (non-hydrogen) atoms. The van der Waals surface area contributed by atoms with Gasteiger partial charge in [-0.15, -0.1) is 20.8 Å². The fraction of sp³-hybridized carbons (Fsp3) is 0.571. The Hall–Kier alpha value is 0.233. The topological polar surface area (TPSA) is 0 Å². The van der Waals surface area contributed by atoms with E-state index >= 15 is 0 Å². The summed E-state index contributed by atoms with van der Waals surface area (Å²) in [7, 11) is 0. The van der Waals surface area contributed by atoms with Crippen LogP contribution in [-0.4, -0.2) is 0 Å². The predicted molar refractivity (Wildman–Crippen MR) is 34.0 cm³/mol. The third kappa shape index (κ3) is 4.39. The van der Waals surface area contributed by atoms with Crippen molar-refractivity contribution in [2.75, 3.05) is 0 Å². The molecule has 1 radical (unpaired) electrons. The van der Waals surface area contributed by atoms with Crippen molar-refractivity contribution in [3.8, 4) is 0 Å². The molecule has 0 aliphatic heterocycles. The zero-order chi connectivity index (χ0) is 5.86. The third-order valence-electron chi connectivity index (χ3n) is 1.22. The summed E-state index contributed by atoms with van der Waals surface area (Å²) in [4.78, 5) is 0. The summed E-state index contributed by atoms with van der Waals surface area (Å²) in [5.74, 6) is 0. The van der Waals surface area contributed by atoms with E-state index < -0.39 is 0 Å². The smallest absolute Gasteiger partial charge is 0 e. The number of hydrogen-bond donors (Lipinski definition) is 0. The summed E-state index contributed by atoms with van der Waals surface area (Å²) >= 11 is 0. The molecule has 0 fully saturated rings. The molecule has 0 aromatic heterocycles. The van der Waals surface area contributed by atoms with E-state index in [9.17, 15) is 0 Å². The van der Waals surface area contributed by atoms with E-state index in [1.165, 1.54) is 11.1 Å². The van der Waals surface area contributed by atoms with Crippen LogP contribution in [0.4, 0.5) is 0 Å². The van der Waals surface area contributed by atoms with Gasteiger partial charge in [0, 0.05) is 19.5 Å². The van der Waals surface area contributed by atoms with Crippen molar-refractivity contribution < 1.29 is 19.5 Å². The van der Waals surface area contributed by atoms with Gasteiger partial charge in [0.2, 0.25) is 0 Å². The van der Waals surface area contributed by atoms with E-state index in [1.807, 2.05) is 0 Å². The number of rotatable bonds is 1. The van der Waals surface area contributed by atoms with Gasteiger partial charge in [0.05, 0.1) is 0 Å². The van der Waals surface area contributed by atoms with Crippen LogP contribution >= 0.6 is 0 Å². The first-order valence-electron chi connectivity index (χ1n) is 2.62. The Morgan fingerprint density at radius 1 is 1.12 bits per heavy atom. The number of allylic oxidation sites excluding steroid dienone is 2. The van der Waals surface area contributed by atoms with Gasteiger partial charge >= 0.3 is 0 Å².